The lowest BCUT2D eigenvalue weighted by molar-refractivity contribution is -0.394. The van der Waals surface area contributed by atoms with Gasteiger partial charge in [0.1, 0.15) is 0 Å². The van der Waals surface area contributed by atoms with E-state index in [0.29, 0.717) is 6.54 Å². The minimum atomic E-state index is -0.872. The van der Waals surface area contributed by atoms with Crippen LogP contribution in [0.1, 0.15) is 36.0 Å². The Hall–Kier alpha value is -3.08. The van der Waals surface area contributed by atoms with Crippen LogP contribution in [0.15, 0.2) is 18.2 Å². The summed E-state index contributed by atoms with van der Waals surface area (Å²) in [5, 5.41) is 21.7. The Bertz CT molecular complexity index is 684. The van der Waals surface area contributed by atoms with Crippen LogP contribution >= 0.6 is 0 Å². The van der Waals surface area contributed by atoms with Gasteiger partial charge in [0, 0.05) is 25.1 Å². The highest BCUT2D eigenvalue weighted by Crippen LogP contribution is 2.22. The third kappa shape index (κ3) is 5.48. The lowest BCUT2D eigenvalue weighted by Gasteiger charge is -2.25. The van der Waals surface area contributed by atoms with E-state index in [4.69, 9.17) is 0 Å². The van der Waals surface area contributed by atoms with E-state index in [1.165, 1.54) is 6.42 Å². The molecule has 0 unspecified atom stereocenters. The first kappa shape index (κ1) is 19.2. The van der Waals surface area contributed by atoms with Gasteiger partial charge in [-0.2, -0.15) is 0 Å². The van der Waals surface area contributed by atoms with Gasteiger partial charge in [-0.05, 0) is 25.9 Å². The normalized spacial score (nSPS) is 14.5. The average Bonchev–Trinajstić information content (AvgIpc) is 2.64. The zero-order valence-corrected chi connectivity index (χ0v) is 14.0. The van der Waals surface area contributed by atoms with Crippen molar-refractivity contribution in [2.24, 2.45) is 0 Å². The summed E-state index contributed by atoms with van der Waals surface area (Å²) in [5.74, 6) is -1.29. The van der Waals surface area contributed by atoms with Gasteiger partial charge in [0.05, 0.1) is 21.5 Å². The van der Waals surface area contributed by atoms with Crippen molar-refractivity contribution in [1.82, 2.24) is 15.8 Å². The number of nitro benzene ring substituents is 2. The minimum Gasteiger partial charge on any atom is -0.303 e. The highest BCUT2D eigenvalue weighted by molar-refractivity contribution is 5.96. The molecule has 0 aliphatic carbocycles. The maximum absolute atomic E-state index is 12.0. The van der Waals surface area contributed by atoms with Gasteiger partial charge in [0.15, 0.2) is 0 Å². The largest absolute Gasteiger partial charge is 0.303 e. The Labute approximate surface area is 148 Å². The van der Waals surface area contributed by atoms with Crippen molar-refractivity contribution < 1.29 is 19.4 Å². The van der Waals surface area contributed by atoms with Gasteiger partial charge >= 0.3 is 0 Å². The Morgan fingerprint density at radius 3 is 2.08 bits per heavy atom. The molecule has 2 rings (SSSR count). The van der Waals surface area contributed by atoms with Crippen LogP contribution in [0.4, 0.5) is 11.4 Å². The predicted molar refractivity (Wildman–Crippen MR) is 90.3 cm³/mol. The third-order valence-electron chi connectivity index (χ3n) is 4.01. The van der Waals surface area contributed by atoms with Crippen molar-refractivity contribution >= 4 is 23.2 Å². The number of likely N-dealkylation sites (tertiary alicyclic amines) is 1. The molecule has 0 radical (unpaired) electrons. The molecule has 0 spiro atoms. The standard InChI is InChI=1S/C15H19N5O6/c21-14(4-7-18-5-2-1-3-6-18)16-17-15(22)11-8-12(19(23)24)10-13(9-11)20(25)26/h8-10H,1-7H2,(H,16,21)(H,17,22). The second-order valence-electron chi connectivity index (χ2n) is 5.91. The van der Waals surface area contributed by atoms with Gasteiger partial charge < -0.3 is 4.90 Å². The molecule has 1 aromatic carbocycles. The molecule has 2 amide bonds. The van der Waals surface area contributed by atoms with Crippen LogP contribution in [0.3, 0.4) is 0 Å². The van der Waals surface area contributed by atoms with Crippen LogP contribution in [0, 0.1) is 20.2 Å². The fourth-order valence-electron chi connectivity index (χ4n) is 2.64. The highest BCUT2D eigenvalue weighted by Gasteiger charge is 2.20. The molecule has 1 saturated heterocycles. The van der Waals surface area contributed by atoms with Gasteiger partial charge in [0.2, 0.25) is 5.91 Å². The molecule has 0 aromatic heterocycles. The first-order valence-corrected chi connectivity index (χ1v) is 8.12. The number of amides is 2. The van der Waals surface area contributed by atoms with E-state index in [1.807, 2.05) is 0 Å². The number of hydrogen-bond acceptors (Lipinski definition) is 7. The summed E-state index contributed by atoms with van der Waals surface area (Å²) in [6.45, 7) is 2.46. The van der Waals surface area contributed by atoms with Crippen LogP contribution in [0.25, 0.3) is 0 Å². The van der Waals surface area contributed by atoms with Crippen LogP contribution in [-0.2, 0) is 4.79 Å². The predicted octanol–water partition coefficient (Wildman–Crippen LogP) is 1.14. The van der Waals surface area contributed by atoms with Crippen molar-refractivity contribution in [3.05, 3.63) is 44.0 Å². The minimum absolute atomic E-state index is 0.190. The summed E-state index contributed by atoms with van der Waals surface area (Å²) in [5.41, 5.74) is 2.87. The first-order valence-electron chi connectivity index (χ1n) is 8.12. The molecule has 1 fully saturated rings. The fourth-order valence-corrected chi connectivity index (χ4v) is 2.64. The number of nitro groups is 2. The molecule has 1 aromatic rings. The van der Waals surface area contributed by atoms with Crippen molar-refractivity contribution in [3.63, 3.8) is 0 Å². The molecule has 2 N–H and O–H groups in total. The van der Waals surface area contributed by atoms with Gasteiger partial charge in [0.25, 0.3) is 17.3 Å². The Morgan fingerprint density at radius 2 is 1.54 bits per heavy atom. The molecule has 1 heterocycles. The number of non-ortho nitro benzene ring substituents is 2. The van der Waals surface area contributed by atoms with Crippen molar-refractivity contribution in [2.45, 2.75) is 25.7 Å². The van der Waals surface area contributed by atoms with Crippen LogP contribution in [-0.4, -0.2) is 46.2 Å². The monoisotopic (exact) mass is 365 g/mol. The lowest BCUT2D eigenvalue weighted by Crippen LogP contribution is -2.43. The van der Waals surface area contributed by atoms with E-state index in [0.717, 1.165) is 44.1 Å². The van der Waals surface area contributed by atoms with Crippen LogP contribution in [0.5, 0.6) is 0 Å². The first-order chi connectivity index (χ1) is 12.4. The van der Waals surface area contributed by atoms with Crippen LogP contribution < -0.4 is 10.9 Å². The third-order valence-corrected chi connectivity index (χ3v) is 4.01. The quantitative estimate of drug-likeness (QED) is 0.567. The number of hydrazine groups is 1. The summed E-state index contributed by atoms with van der Waals surface area (Å²) in [4.78, 5) is 46.0. The number of piperidine rings is 1. The average molecular weight is 365 g/mol. The lowest BCUT2D eigenvalue weighted by atomic mass is 10.1. The number of benzene rings is 1. The van der Waals surface area contributed by atoms with Gasteiger partial charge in [-0.3, -0.25) is 40.7 Å². The molecular weight excluding hydrogens is 346 g/mol. The Morgan fingerprint density at radius 1 is 0.962 bits per heavy atom. The Kier molecular flexibility index (Phi) is 6.55. The molecule has 1 aliphatic rings. The van der Waals surface area contributed by atoms with E-state index in [2.05, 4.69) is 15.8 Å². The summed E-state index contributed by atoms with van der Waals surface area (Å²) < 4.78 is 0. The molecule has 140 valence electrons. The Balaban J connectivity index is 1.91. The number of carbonyl (C=O) groups is 2. The number of rotatable bonds is 6. The van der Waals surface area contributed by atoms with E-state index in [1.54, 1.807) is 0 Å². The smallest absolute Gasteiger partial charge is 0.277 e. The zero-order chi connectivity index (χ0) is 19.1. The summed E-state index contributed by atoms with van der Waals surface area (Å²) >= 11 is 0. The molecule has 0 saturated carbocycles. The number of hydrogen-bond donors (Lipinski definition) is 2. The molecular formula is C15H19N5O6. The van der Waals surface area contributed by atoms with E-state index >= 15 is 0 Å². The fraction of sp³-hybridized carbons (Fsp3) is 0.467. The van der Waals surface area contributed by atoms with Gasteiger partial charge in [-0.15, -0.1) is 0 Å². The van der Waals surface area contributed by atoms with Gasteiger partial charge in [-0.25, -0.2) is 0 Å². The second kappa shape index (κ2) is 8.85. The molecule has 11 heteroatoms. The second-order valence-corrected chi connectivity index (χ2v) is 5.91. The molecule has 11 nitrogen and oxygen atoms in total. The summed E-state index contributed by atoms with van der Waals surface area (Å²) in [7, 11) is 0. The van der Waals surface area contributed by atoms with Crippen molar-refractivity contribution in [2.75, 3.05) is 19.6 Å². The van der Waals surface area contributed by atoms with E-state index in [9.17, 15) is 29.8 Å². The summed E-state index contributed by atoms with van der Waals surface area (Å²) in [6.07, 6.45) is 3.58. The highest BCUT2D eigenvalue weighted by atomic mass is 16.6. The number of nitrogens with one attached hydrogen (secondary N) is 2. The number of carbonyl (C=O) groups excluding carboxylic acids is 2. The molecule has 0 bridgehead atoms. The van der Waals surface area contributed by atoms with E-state index < -0.39 is 33.0 Å². The van der Waals surface area contributed by atoms with Crippen molar-refractivity contribution in [3.8, 4) is 0 Å². The SMILES string of the molecule is O=C(CCN1CCCCC1)NNC(=O)c1cc([N+](=O)[O-])cc([N+](=O)[O-])c1. The molecule has 1 aliphatic heterocycles. The van der Waals surface area contributed by atoms with Crippen molar-refractivity contribution in [1.29, 1.82) is 0 Å². The molecule has 26 heavy (non-hydrogen) atoms. The topological polar surface area (TPSA) is 148 Å². The maximum Gasteiger partial charge on any atom is 0.277 e. The zero-order valence-electron chi connectivity index (χ0n) is 14.0. The van der Waals surface area contributed by atoms with E-state index in [-0.39, 0.29) is 12.0 Å². The number of nitrogens with zero attached hydrogens (tertiary/aromatic N) is 3. The van der Waals surface area contributed by atoms with Gasteiger partial charge in [-0.1, -0.05) is 6.42 Å². The molecule has 0 atom stereocenters. The van der Waals surface area contributed by atoms with Crippen LogP contribution in [0.2, 0.25) is 0 Å². The summed E-state index contributed by atoms with van der Waals surface area (Å²) in [6, 6.07) is 2.57. The maximum atomic E-state index is 12.0.